The molecule has 1 amide bonds. The lowest BCUT2D eigenvalue weighted by atomic mass is 10.3. The van der Waals surface area contributed by atoms with Crippen LogP contribution in [0.3, 0.4) is 0 Å². The molecule has 16 heavy (non-hydrogen) atoms. The molecule has 8 nitrogen and oxygen atoms in total. The van der Waals surface area contributed by atoms with Crippen molar-refractivity contribution in [2.45, 2.75) is 13.0 Å². The van der Waals surface area contributed by atoms with Gasteiger partial charge in [0.25, 0.3) is 5.91 Å². The predicted octanol–water partition coefficient (Wildman–Crippen LogP) is 0.126. The van der Waals surface area contributed by atoms with E-state index in [0.717, 1.165) is 6.07 Å². The monoisotopic (exact) mass is 227 g/mol. The molecule has 0 spiro atoms. The number of nitrogens with one attached hydrogen (secondary N) is 2. The van der Waals surface area contributed by atoms with Crippen LogP contribution in [-0.2, 0) is 4.79 Å². The molecule has 3 N–H and O–H groups in total. The van der Waals surface area contributed by atoms with E-state index in [0.29, 0.717) is 0 Å². The number of carboxylic acid groups (broad SMARTS) is 1. The normalized spacial score (nSPS) is 11.8. The van der Waals surface area contributed by atoms with Crippen LogP contribution in [-0.4, -0.2) is 32.9 Å². The van der Waals surface area contributed by atoms with Gasteiger partial charge in [-0.05, 0) is 17.9 Å². The van der Waals surface area contributed by atoms with Crippen LogP contribution in [0.25, 0.3) is 0 Å². The highest BCUT2D eigenvalue weighted by atomic mass is 16.6. The van der Waals surface area contributed by atoms with Gasteiger partial charge in [-0.25, -0.2) is 4.98 Å². The number of carbonyl (C=O) groups excluding carboxylic acids is 1. The lowest BCUT2D eigenvalue weighted by molar-refractivity contribution is -0.389. The van der Waals surface area contributed by atoms with Crippen LogP contribution in [0, 0.1) is 10.1 Å². The molecule has 1 rings (SSSR count). The number of aromatic amines is 1. The van der Waals surface area contributed by atoms with Gasteiger partial charge in [-0.1, -0.05) is 0 Å². The van der Waals surface area contributed by atoms with Gasteiger partial charge in [-0.15, -0.1) is 0 Å². The van der Waals surface area contributed by atoms with Crippen LogP contribution in [0.15, 0.2) is 12.1 Å². The molecule has 0 aliphatic rings. The van der Waals surface area contributed by atoms with Gasteiger partial charge in [0.2, 0.25) is 0 Å². The van der Waals surface area contributed by atoms with Crippen molar-refractivity contribution in [1.29, 1.82) is 0 Å². The van der Waals surface area contributed by atoms with Crippen LogP contribution < -0.4 is 5.32 Å². The maximum absolute atomic E-state index is 11.4. The summed E-state index contributed by atoms with van der Waals surface area (Å²) in [5.41, 5.74) is -0.0557. The number of carboxylic acids is 1. The number of hydrogen-bond acceptors (Lipinski definition) is 4. The van der Waals surface area contributed by atoms with Gasteiger partial charge in [-0.3, -0.25) is 9.59 Å². The van der Waals surface area contributed by atoms with Gasteiger partial charge in [0, 0.05) is 6.07 Å². The van der Waals surface area contributed by atoms with E-state index in [-0.39, 0.29) is 11.5 Å². The molecule has 0 saturated heterocycles. The minimum Gasteiger partial charge on any atom is -0.480 e. The van der Waals surface area contributed by atoms with E-state index in [4.69, 9.17) is 5.11 Å². The quantitative estimate of drug-likeness (QED) is 0.497. The highest BCUT2D eigenvalue weighted by molar-refractivity contribution is 5.95. The first-order valence-corrected chi connectivity index (χ1v) is 4.29. The minimum absolute atomic E-state index is 0.0557. The largest absolute Gasteiger partial charge is 0.480 e. The summed E-state index contributed by atoms with van der Waals surface area (Å²) in [6.07, 6.45) is 0. The highest BCUT2D eigenvalue weighted by Crippen LogP contribution is 2.09. The van der Waals surface area contributed by atoms with E-state index in [9.17, 15) is 19.7 Å². The van der Waals surface area contributed by atoms with Crippen molar-refractivity contribution in [3.63, 3.8) is 0 Å². The molecular weight excluding hydrogens is 218 g/mol. The molecular formula is C8H9N3O5. The van der Waals surface area contributed by atoms with Crippen molar-refractivity contribution >= 4 is 17.7 Å². The first-order chi connectivity index (χ1) is 7.41. The Morgan fingerprint density at radius 3 is 2.62 bits per heavy atom. The number of rotatable bonds is 4. The molecule has 86 valence electrons. The van der Waals surface area contributed by atoms with Gasteiger partial charge in [0.15, 0.2) is 5.69 Å². The summed E-state index contributed by atoms with van der Waals surface area (Å²) in [4.78, 5) is 33.7. The van der Waals surface area contributed by atoms with Gasteiger partial charge in [-0.2, -0.15) is 0 Å². The number of nitrogens with zero attached hydrogens (tertiary/aromatic N) is 1. The molecule has 0 radical (unpaired) electrons. The third-order valence-corrected chi connectivity index (χ3v) is 1.83. The van der Waals surface area contributed by atoms with E-state index < -0.39 is 22.8 Å². The summed E-state index contributed by atoms with van der Waals surface area (Å²) in [6.45, 7) is 1.29. The molecule has 0 saturated carbocycles. The molecule has 0 bridgehead atoms. The number of amides is 1. The van der Waals surface area contributed by atoms with Gasteiger partial charge in [0.1, 0.15) is 6.04 Å². The van der Waals surface area contributed by atoms with Crippen LogP contribution in [0.4, 0.5) is 5.82 Å². The standard InChI is InChI=1S/C8H9N3O5/c1-4(8(13)14)9-7(12)5-2-3-6(10-5)11(15)16/h2-4,10H,1H3,(H,9,12)(H,13,14). The third kappa shape index (κ3) is 2.56. The molecule has 8 heteroatoms. The smallest absolute Gasteiger partial charge is 0.325 e. The summed E-state index contributed by atoms with van der Waals surface area (Å²) >= 11 is 0. The number of carbonyl (C=O) groups is 2. The molecule has 0 aliphatic heterocycles. The second-order valence-corrected chi connectivity index (χ2v) is 3.05. The SMILES string of the molecule is CC(NC(=O)c1ccc([N+](=O)[O-])[nH]1)C(=O)O. The second kappa shape index (κ2) is 4.43. The fraction of sp³-hybridized carbons (Fsp3) is 0.250. The van der Waals surface area contributed by atoms with E-state index in [2.05, 4.69) is 10.3 Å². The first kappa shape index (κ1) is 11.7. The first-order valence-electron chi connectivity index (χ1n) is 4.29. The Labute approximate surface area is 89.4 Å². The van der Waals surface area contributed by atoms with E-state index in [1.807, 2.05) is 0 Å². The van der Waals surface area contributed by atoms with Gasteiger partial charge < -0.3 is 20.5 Å². The van der Waals surface area contributed by atoms with Crippen molar-refractivity contribution in [2.75, 3.05) is 0 Å². The second-order valence-electron chi connectivity index (χ2n) is 3.05. The van der Waals surface area contributed by atoms with Crippen molar-refractivity contribution in [2.24, 2.45) is 0 Å². The molecule has 1 atom stereocenters. The number of hydrogen-bond donors (Lipinski definition) is 3. The molecule has 1 aromatic rings. The Bertz CT molecular complexity index is 439. The van der Waals surface area contributed by atoms with Crippen LogP contribution in [0.1, 0.15) is 17.4 Å². The zero-order valence-corrected chi connectivity index (χ0v) is 8.26. The Kier molecular flexibility index (Phi) is 3.24. The maximum Gasteiger partial charge on any atom is 0.325 e. The van der Waals surface area contributed by atoms with Crippen molar-refractivity contribution < 1.29 is 19.6 Å². The topological polar surface area (TPSA) is 125 Å². The summed E-state index contributed by atoms with van der Waals surface area (Å²) in [5, 5.41) is 21.0. The average molecular weight is 227 g/mol. The van der Waals surface area contributed by atoms with E-state index >= 15 is 0 Å². The molecule has 0 aliphatic carbocycles. The molecule has 0 fully saturated rings. The van der Waals surface area contributed by atoms with Crippen LogP contribution >= 0.6 is 0 Å². The van der Waals surface area contributed by atoms with Crippen molar-refractivity contribution in [1.82, 2.24) is 10.3 Å². The molecule has 1 aromatic heterocycles. The molecule has 0 aromatic carbocycles. The van der Waals surface area contributed by atoms with E-state index in [1.54, 1.807) is 0 Å². The fourth-order valence-corrected chi connectivity index (χ4v) is 0.959. The number of aliphatic carboxylic acids is 1. The van der Waals surface area contributed by atoms with Gasteiger partial charge in [0.05, 0.1) is 0 Å². The lowest BCUT2D eigenvalue weighted by Gasteiger charge is -2.06. The maximum atomic E-state index is 11.4. The van der Waals surface area contributed by atoms with Crippen LogP contribution in [0.2, 0.25) is 0 Å². The Morgan fingerprint density at radius 1 is 1.56 bits per heavy atom. The number of nitro groups is 1. The number of aromatic nitrogens is 1. The third-order valence-electron chi connectivity index (χ3n) is 1.83. The summed E-state index contributed by atoms with van der Waals surface area (Å²) in [5.74, 6) is -2.22. The predicted molar refractivity (Wildman–Crippen MR) is 52.0 cm³/mol. The molecule has 1 heterocycles. The minimum atomic E-state index is -1.19. The van der Waals surface area contributed by atoms with Gasteiger partial charge >= 0.3 is 11.8 Å². The number of H-pyrrole nitrogens is 1. The van der Waals surface area contributed by atoms with E-state index in [1.165, 1.54) is 13.0 Å². The average Bonchev–Trinajstić information content (AvgIpc) is 2.65. The highest BCUT2D eigenvalue weighted by Gasteiger charge is 2.19. The Balaban J connectivity index is 2.73. The Hall–Kier alpha value is -2.38. The summed E-state index contributed by atoms with van der Waals surface area (Å²) in [6, 6.07) is 1.28. The zero-order chi connectivity index (χ0) is 12.3. The Morgan fingerprint density at radius 2 is 2.19 bits per heavy atom. The zero-order valence-electron chi connectivity index (χ0n) is 8.26. The molecule has 1 unspecified atom stereocenters. The fourth-order valence-electron chi connectivity index (χ4n) is 0.959. The van der Waals surface area contributed by atoms with Crippen LogP contribution in [0.5, 0.6) is 0 Å². The van der Waals surface area contributed by atoms with Crippen molar-refractivity contribution in [3.05, 3.63) is 27.9 Å². The summed E-state index contributed by atoms with van der Waals surface area (Å²) in [7, 11) is 0. The summed E-state index contributed by atoms with van der Waals surface area (Å²) < 4.78 is 0. The lowest BCUT2D eigenvalue weighted by Crippen LogP contribution is -2.38. The van der Waals surface area contributed by atoms with Crippen molar-refractivity contribution in [3.8, 4) is 0 Å².